The monoisotopic (exact) mass is 499 g/mol. The zero-order valence-electron chi connectivity index (χ0n) is 20.5. The van der Waals surface area contributed by atoms with Gasteiger partial charge in [0.2, 0.25) is 17.7 Å². The van der Waals surface area contributed by atoms with Gasteiger partial charge in [0.25, 0.3) is 0 Å². The third kappa shape index (κ3) is 5.23. The minimum atomic E-state index is -5.16. The number of piperidine rings is 1. The van der Waals surface area contributed by atoms with Crippen LogP contribution in [0.25, 0.3) is 0 Å². The predicted octanol–water partition coefficient (Wildman–Crippen LogP) is 1.10. The Morgan fingerprint density at radius 3 is 2.34 bits per heavy atom. The number of likely N-dealkylation sites (tertiary alicyclic amines) is 1. The number of nitriles is 1. The van der Waals surface area contributed by atoms with Gasteiger partial charge < -0.3 is 20.9 Å². The average molecular weight is 500 g/mol. The lowest BCUT2D eigenvalue weighted by Crippen LogP contribution is -2.61. The van der Waals surface area contributed by atoms with Crippen LogP contribution in [0.4, 0.5) is 13.2 Å². The van der Waals surface area contributed by atoms with Gasteiger partial charge >= 0.3 is 12.1 Å². The highest BCUT2D eigenvalue weighted by Crippen LogP contribution is 2.65. The molecular weight excluding hydrogens is 467 g/mol. The second-order valence-corrected chi connectivity index (χ2v) is 11.4. The maximum absolute atomic E-state index is 13.5. The van der Waals surface area contributed by atoms with Crippen molar-refractivity contribution in [3.05, 3.63) is 0 Å². The van der Waals surface area contributed by atoms with Crippen LogP contribution in [0.3, 0.4) is 0 Å². The van der Waals surface area contributed by atoms with Gasteiger partial charge in [-0.1, -0.05) is 34.6 Å². The normalized spacial score (nSPS) is 28.9. The molecule has 0 aromatic carbocycles. The van der Waals surface area contributed by atoms with Gasteiger partial charge in [0.05, 0.1) is 6.07 Å². The second-order valence-electron chi connectivity index (χ2n) is 11.4. The van der Waals surface area contributed by atoms with E-state index >= 15 is 0 Å². The Morgan fingerprint density at radius 1 is 1.23 bits per heavy atom. The molecular formula is C23H32F3N5O4. The number of rotatable bonds is 6. The van der Waals surface area contributed by atoms with Crippen molar-refractivity contribution in [1.29, 1.82) is 5.26 Å². The summed E-state index contributed by atoms with van der Waals surface area (Å²) in [6, 6.07) is -1.48. The van der Waals surface area contributed by atoms with Gasteiger partial charge in [0.1, 0.15) is 18.1 Å². The number of fused-ring (bicyclic) bond motifs is 1. The molecule has 0 aromatic rings. The Bertz CT molecular complexity index is 952. The number of carbonyl (C=O) groups is 4. The fraction of sp³-hybridized carbons (Fsp3) is 0.783. The number of carbonyl (C=O) groups excluding carboxylic acids is 4. The number of alkyl halides is 3. The lowest BCUT2D eigenvalue weighted by molar-refractivity contribution is -0.176. The molecule has 35 heavy (non-hydrogen) atoms. The first-order valence-electron chi connectivity index (χ1n) is 11.7. The maximum Gasteiger partial charge on any atom is 0.471 e. The summed E-state index contributed by atoms with van der Waals surface area (Å²) in [5.74, 6) is -4.46. The Kier molecular flexibility index (Phi) is 6.87. The molecule has 4 unspecified atom stereocenters. The average Bonchev–Trinajstić information content (AvgIpc) is 3.10. The minimum absolute atomic E-state index is 0.0396. The summed E-state index contributed by atoms with van der Waals surface area (Å²) in [7, 11) is 0. The SMILES string of the molecule is CC(C)(C)[C@H](NC(=O)C(F)(F)F)C(=O)N1CC2[C@@H](C1C(=O)NC(C#N)CC1CCNC1=O)C2(C)C. The quantitative estimate of drug-likeness (QED) is 0.504. The summed E-state index contributed by atoms with van der Waals surface area (Å²) in [5, 5.41) is 16.7. The Morgan fingerprint density at radius 2 is 1.86 bits per heavy atom. The minimum Gasteiger partial charge on any atom is -0.356 e. The number of nitrogens with zero attached hydrogens (tertiary/aromatic N) is 2. The molecule has 6 atom stereocenters. The molecule has 12 heteroatoms. The van der Waals surface area contributed by atoms with Crippen LogP contribution in [-0.4, -0.2) is 65.9 Å². The Balaban J connectivity index is 1.81. The molecule has 3 N–H and O–H groups in total. The van der Waals surface area contributed by atoms with E-state index in [0.29, 0.717) is 13.0 Å². The summed E-state index contributed by atoms with van der Waals surface area (Å²) < 4.78 is 38.8. The molecule has 0 radical (unpaired) electrons. The molecule has 194 valence electrons. The molecule has 2 saturated heterocycles. The highest BCUT2D eigenvalue weighted by molar-refractivity contribution is 5.95. The van der Waals surface area contributed by atoms with E-state index < -0.39 is 53.4 Å². The third-order valence-electron chi connectivity index (χ3n) is 7.56. The lowest BCUT2D eigenvalue weighted by atomic mass is 9.85. The van der Waals surface area contributed by atoms with Gasteiger partial charge in [0.15, 0.2) is 0 Å². The maximum atomic E-state index is 13.5. The number of amides is 4. The summed E-state index contributed by atoms with van der Waals surface area (Å²) in [6.45, 7) is 9.13. The van der Waals surface area contributed by atoms with Crippen LogP contribution in [0.2, 0.25) is 0 Å². The van der Waals surface area contributed by atoms with E-state index in [1.165, 1.54) is 25.7 Å². The van der Waals surface area contributed by atoms with E-state index in [-0.39, 0.29) is 36.1 Å². The predicted molar refractivity (Wildman–Crippen MR) is 117 cm³/mol. The molecule has 2 heterocycles. The van der Waals surface area contributed by atoms with E-state index in [4.69, 9.17) is 0 Å². The van der Waals surface area contributed by atoms with E-state index in [2.05, 4.69) is 10.6 Å². The lowest BCUT2D eigenvalue weighted by Gasteiger charge is -2.37. The van der Waals surface area contributed by atoms with Crippen molar-refractivity contribution in [1.82, 2.24) is 20.9 Å². The number of hydrogen-bond acceptors (Lipinski definition) is 5. The van der Waals surface area contributed by atoms with Crippen molar-refractivity contribution in [3.8, 4) is 6.07 Å². The van der Waals surface area contributed by atoms with E-state index in [1.807, 2.05) is 19.9 Å². The van der Waals surface area contributed by atoms with Gasteiger partial charge in [-0.3, -0.25) is 19.2 Å². The molecule has 0 aromatic heterocycles. The summed E-state index contributed by atoms with van der Waals surface area (Å²) in [5.41, 5.74) is -1.33. The first-order valence-corrected chi connectivity index (χ1v) is 11.7. The highest BCUT2D eigenvalue weighted by atomic mass is 19.4. The topological polar surface area (TPSA) is 131 Å². The third-order valence-corrected chi connectivity index (χ3v) is 7.56. The summed E-state index contributed by atoms with van der Waals surface area (Å²) >= 11 is 0. The Hall–Kier alpha value is -2.84. The van der Waals surface area contributed by atoms with Crippen molar-refractivity contribution in [2.75, 3.05) is 13.1 Å². The zero-order valence-corrected chi connectivity index (χ0v) is 20.5. The smallest absolute Gasteiger partial charge is 0.356 e. The number of halogens is 3. The summed E-state index contributed by atoms with van der Waals surface area (Å²) in [4.78, 5) is 51.6. The molecule has 3 aliphatic rings. The van der Waals surface area contributed by atoms with Crippen LogP contribution in [0.5, 0.6) is 0 Å². The van der Waals surface area contributed by atoms with E-state index in [9.17, 15) is 37.6 Å². The van der Waals surface area contributed by atoms with Crippen molar-refractivity contribution >= 4 is 23.6 Å². The molecule has 0 spiro atoms. The fourth-order valence-electron chi connectivity index (χ4n) is 5.40. The van der Waals surface area contributed by atoms with Crippen LogP contribution >= 0.6 is 0 Å². The van der Waals surface area contributed by atoms with Crippen molar-refractivity contribution in [3.63, 3.8) is 0 Å². The fourth-order valence-corrected chi connectivity index (χ4v) is 5.40. The largest absolute Gasteiger partial charge is 0.471 e. The second kappa shape index (κ2) is 8.99. The van der Waals surface area contributed by atoms with Crippen LogP contribution in [0.1, 0.15) is 47.5 Å². The molecule has 0 bridgehead atoms. The Labute approximate surface area is 202 Å². The van der Waals surface area contributed by atoms with Gasteiger partial charge in [-0.15, -0.1) is 0 Å². The molecule has 3 rings (SSSR count). The van der Waals surface area contributed by atoms with Crippen molar-refractivity contribution in [2.24, 2.45) is 28.6 Å². The van der Waals surface area contributed by atoms with Crippen LogP contribution in [0, 0.1) is 39.9 Å². The van der Waals surface area contributed by atoms with E-state index in [1.54, 1.807) is 5.32 Å². The molecule has 1 saturated carbocycles. The summed E-state index contributed by atoms with van der Waals surface area (Å²) in [6.07, 6.45) is -4.49. The van der Waals surface area contributed by atoms with Gasteiger partial charge in [-0.05, 0) is 35.5 Å². The standard InChI is InChI=1S/C23H32F3N5O4/c1-21(2,3)16(30-20(35)23(24,25)26)19(34)31-10-13-14(22(13,4)5)15(31)18(33)29-12(9-27)8-11-6-7-28-17(11)32/h11-16H,6-8,10H2,1-5H3,(H,28,32)(H,29,33)(H,30,35)/t11?,12?,13?,14-,15?,16+/m0/s1. The number of hydrogen-bond donors (Lipinski definition) is 3. The van der Waals surface area contributed by atoms with Gasteiger partial charge in [-0.2, -0.15) is 18.4 Å². The van der Waals surface area contributed by atoms with Crippen LogP contribution in [-0.2, 0) is 19.2 Å². The van der Waals surface area contributed by atoms with Crippen LogP contribution < -0.4 is 16.0 Å². The molecule has 3 fully saturated rings. The zero-order chi connectivity index (χ0) is 26.5. The first-order chi connectivity index (χ1) is 16.0. The number of nitrogens with one attached hydrogen (secondary N) is 3. The molecule has 2 aliphatic heterocycles. The van der Waals surface area contributed by atoms with Crippen LogP contribution in [0.15, 0.2) is 0 Å². The molecule has 9 nitrogen and oxygen atoms in total. The van der Waals surface area contributed by atoms with Gasteiger partial charge in [0, 0.05) is 19.0 Å². The first kappa shape index (κ1) is 26.8. The van der Waals surface area contributed by atoms with Gasteiger partial charge in [-0.25, -0.2) is 0 Å². The van der Waals surface area contributed by atoms with Crippen molar-refractivity contribution in [2.45, 2.75) is 71.8 Å². The molecule has 4 amide bonds. The van der Waals surface area contributed by atoms with E-state index in [0.717, 1.165) is 0 Å². The molecule has 1 aliphatic carbocycles. The van der Waals surface area contributed by atoms with Crippen molar-refractivity contribution < 1.29 is 32.3 Å². The highest BCUT2D eigenvalue weighted by Gasteiger charge is 2.70.